The first-order chi connectivity index (χ1) is 12.6. The molecule has 1 aromatic carbocycles. The molecular weight excluding hydrogens is 246 g/mol. The van der Waals surface area contributed by atoms with Crippen LogP contribution in [0.2, 0.25) is 0 Å². The molecule has 6 heteroatoms. The predicted octanol–water partition coefficient (Wildman–Crippen LogP) is 0.0298. The van der Waals surface area contributed by atoms with E-state index in [0.29, 0.717) is 0 Å². The molecular formula is C13H13N3O3. The van der Waals surface area contributed by atoms with Gasteiger partial charge in [-0.1, -0.05) is 6.04 Å². The molecule has 1 unspecified atom stereocenters. The third-order valence-electron chi connectivity index (χ3n) is 2.63. The number of fused-ring (bicyclic) bond motifs is 1. The van der Waals surface area contributed by atoms with Crippen LogP contribution < -0.4 is 11.1 Å². The van der Waals surface area contributed by atoms with Gasteiger partial charge in [-0.2, -0.15) is 0 Å². The second-order valence-electron chi connectivity index (χ2n) is 3.82. The summed E-state index contributed by atoms with van der Waals surface area (Å²) < 4.78 is 71.1. The van der Waals surface area contributed by atoms with Crippen molar-refractivity contribution in [2.45, 2.75) is 25.3 Å². The van der Waals surface area contributed by atoms with Crippen molar-refractivity contribution in [1.82, 2.24) is 10.2 Å². The van der Waals surface area contributed by atoms with Crippen LogP contribution in [0, 0.1) is 0 Å². The number of hydrogen-bond acceptors (Lipinski definition) is 4. The van der Waals surface area contributed by atoms with Crippen molar-refractivity contribution < 1.29 is 26.7 Å². The summed E-state index contributed by atoms with van der Waals surface area (Å²) in [5, 5.41) is 1.58. The molecule has 3 N–H and O–H groups in total. The van der Waals surface area contributed by atoms with Crippen LogP contribution in [0.3, 0.4) is 0 Å². The first-order valence-electron chi connectivity index (χ1n) is 9.68. The molecule has 1 atom stereocenters. The van der Waals surface area contributed by atoms with Crippen molar-refractivity contribution in [2.24, 2.45) is 0 Å². The van der Waals surface area contributed by atoms with Crippen LogP contribution in [-0.4, -0.2) is 28.7 Å². The van der Waals surface area contributed by atoms with E-state index in [1.807, 2.05) is 0 Å². The molecule has 1 saturated heterocycles. The number of benzene rings is 1. The van der Waals surface area contributed by atoms with Crippen LogP contribution in [0.15, 0.2) is 18.1 Å². The fourth-order valence-electron chi connectivity index (χ4n) is 1.76. The molecule has 98 valence electrons. The minimum absolute atomic E-state index is 0.0740. The van der Waals surface area contributed by atoms with Gasteiger partial charge in [-0.15, -0.1) is 0 Å². The average molecular weight is 268 g/mol. The van der Waals surface area contributed by atoms with Gasteiger partial charge < -0.3 is 10.6 Å². The van der Waals surface area contributed by atoms with Crippen molar-refractivity contribution in [3.8, 4) is 0 Å². The number of rotatable bonds is 1. The number of nitrogens with two attached hydrogens (primary N) is 1. The summed E-state index contributed by atoms with van der Waals surface area (Å²) >= 11 is 0. The van der Waals surface area contributed by atoms with E-state index in [9.17, 15) is 14.4 Å². The molecule has 2 aliphatic heterocycles. The molecule has 0 bridgehead atoms. The normalized spacial score (nSPS) is 37.3. The second-order valence-corrected chi connectivity index (χ2v) is 3.82. The average Bonchev–Trinajstić information content (AvgIpc) is 2.77. The molecule has 3 rings (SSSR count). The highest BCUT2D eigenvalue weighted by Gasteiger charge is 2.39. The highest BCUT2D eigenvalue weighted by Crippen LogP contribution is 2.30. The number of nitrogens with zero attached hydrogens (tertiary/aromatic N) is 1. The van der Waals surface area contributed by atoms with Crippen LogP contribution in [0.4, 0.5) is 5.69 Å². The van der Waals surface area contributed by atoms with Gasteiger partial charge in [0.1, 0.15) is 6.04 Å². The number of imide groups is 1. The van der Waals surface area contributed by atoms with Gasteiger partial charge in [0.15, 0.2) is 0 Å². The molecule has 1 aromatic rings. The Morgan fingerprint density at radius 3 is 3.00 bits per heavy atom. The van der Waals surface area contributed by atoms with E-state index in [1.54, 1.807) is 5.32 Å². The summed E-state index contributed by atoms with van der Waals surface area (Å²) in [6.45, 7) is -3.01. The van der Waals surface area contributed by atoms with Gasteiger partial charge in [-0.05, 0) is 18.5 Å². The van der Waals surface area contributed by atoms with E-state index >= 15 is 0 Å². The van der Waals surface area contributed by atoms with Gasteiger partial charge >= 0.3 is 0 Å². The first kappa shape index (κ1) is 5.32. The molecule has 3 amide bonds. The molecule has 19 heavy (non-hydrogen) atoms. The third kappa shape index (κ3) is 1.76. The number of hydrogen-bond donors (Lipinski definition) is 2. The largest absolute Gasteiger partial charge is 0.398 e. The lowest BCUT2D eigenvalue weighted by atomic mass is 10.0. The number of anilines is 1. The number of amides is 3. The van der Waals surface area contributed by atoms with Crippen molar-refractivity contribution in [1.29, 1.82) is 0 Å². The zero-order chi connectivity index (χ0) is 21.6. The van der Waals surface area contributed by atoms with Gasteiger partial charge in [0.25, 0.3) is 5.91 Å². The standard InChI is InChI=1S/C13H13N3O3/c14-9-3-1-2-7-8(9)6-16(13(7)19)10-4-5-11(17)15-12(10)18/h1-3,10H,4-6,14H2,(H,15,17,18)/i1D,2D,3D,4D2,5D2,6D2. The Bertz CT molecular complexity index is 963. The maximum Gasteiger partial charge on any atom is 0.255 e. The molecule has 2 aliphatic rings. The van der Waals surface area contributed by atoms with Crippen molar-refractivity contribution in [3.05, 3.63) is 29.3 Å². The quantitative estimate of drug-likeness (QED) is 0.555. The second kappa shape index (κ2) is 4.08. The smallest absolute Gasteiger partial charge is 0.255 e. The molecule has 2 heterocycles. The van der Waals surface area contributed by atoms with Gasteiger partial charge in [0.05, 0.1) is 6.85 Å². The van der Waals surface area contributed by atoms with E-state index in [0.717, 1.165) is 0 Å². The fraction of sp³-hybridized carbons (Fsp3) is 0.308. The summed E-state index contributed by atoms with van der Waals surface area (Å²) in [5.41, 5.74) is 3.65. The summed E-state index contributed by atoms with van der Waals surface area (Å²) in [5.74, 6) is -4.40. The Hall–Kier alpha value is -2.37. The van der Waals surface area contributed by atoms with Crippen LogP contribution >= 0.6 is 0 Å². The summed E-state index contributed by atoms with van der Waals surface area (Å²) in [4.78, 5) is 37.0. The lowest BCUT2D eigenvalue weighted by Gasteiger charge is -2.29. The minimum Gasteiger partial charge on any atom is -0.398 e. The number of piperidine rings is 1. The van der Waals surface area contributed by atoms with Crippen LogP contribution in [0.1, 0.15) is 41.0 Å². The van der Waals surface area contributed by atoms with E-state index in [4.69, 9.17) is 18.1 Å². The number of carbonyl (C=O) groups is 3. The predicted molar refractivity (Wildman–Crippen MR) is 66.9 cm³/mol. The monoisotopic (exact) mass is 268 g/mol. The maximum atomic E-state index is 12.9. The fourth-order valence-corrected chi connectivity index (χ4v) is 1.76. The van der Waals surface area contributed by atoms with E-state index < -0.39 is 77.9 Å². The van der Waals surface area contributed by atoms with Gasteiger partial charge in [0.2, 0.25) is 11.8 Å². The van der Waals surface area contributed by atoms with E-state index in [-0.39, 0.29) is 4.90 Å². The van der Waals surface area contributed by atoms with Gasteiger partial charge in [-0.3, -0.25) is 19.7 Å². The highest BCUT2D eigenvalue weighted by molar-refractivity contribution is 6.06. The van der Waals surface area contributed by atoms with Crippen molar-refractivity contribution in [2.75, 3.05) is 5.73 Å². The zero-order valence-electron chi connectivity index (χ0n) is 18.3. The highest BCUT2D eigenvalue weighted by atomic mass is 16.2. The Morgan fingerprint density at radius 2 is 2.21 bits per heavy atom. The molecule has 0 saturated carbocycles. The molecule has 1 fully saturated rings. The SMILES string of the molecule is [2H]c1c([2H])c(N)c2c(c1[2H])C(=O)N(C1C(=O)NC(=O)C([2H])([2H])C1([2H])[2H])C2([2H])[2H]. The molecule has 6 nitrogen and oxygen atoms in total. The third-order valence-corrected chi connectivity index (χ3v) is 2.63. The molecule has 0 spiro atoms. The van der Waals surface area contributed by atoms with Crippen molar-refractivity contribution in [3.63, 3.8) is 0 Å². The van der Waals surface area contributed by atoms with Crippen LogP contribution in [-0.2, 0) is 16.1 Å². The molecule has 0 aliphatic carbocycles. The number of nitrogens with one attached hydrogen (secondary N) is 1. The van der Waals surface area contributed by atoms with Crippen LogP contribution in [0.5, 0.6) is 0 Å². The van der Waals surface area contributed by atoms with E-state index in [2.05, 4.69) is 0 Å². The Morgan fingerprint density at radius 1 is 1.42 bits per heavy atom. The zero-order valence-corrected chi connectivity index (χ0v) is 9.33. The lowest BCUT2D eigenvalue weighted by Crippen LogP contribution is -2.52. The Balaban J connectivity index is 2.29. The Kier molecular flexibility index (Phi) is 1.14. The van der Waals surface area contributed by atoms with Gasteiger partial charge in [0, 0.05) is 35.2 Å². The maximum absolute atomic E-state index is 12.9. The van der Waals surface area contributed by atoms with Crippen molar-refractivity contribution >= 4 is 23.4 Å². The number of nitrogen functional groups attached to an aromatic ring is 1. The summed E-state index contributed by atoms with van der Waals surface area (Å²) in [6, 6.07) is -4.73. The summed E-state index contributed by atoms with van der Waals surface area (Å²) in [6.07, 6.45) is -6.62. The minimum atomic E-state index is -3.33. The Labute approximate surface area is 122 Å². The summed E-state index contributed by atoms with van der Waals surface area (Å²) in [7, 11) is 0. The van der Waals surface area contributed by atoms with E-state index in [1.165, 1.54) is 0 Å². The topological polar surface area (TPSA) is 92.5 Å². The first-order valence-corrected chi connectivity index (χ1v) is 5.18. The lowest BCUT2D eigenvalue weighted by molar-refractivity contribution is -0.136. The van der Waals surface area contributed by atoms with Crippen LogP contribution in [0.25, 0.3) is 0 Å². The van der Waals surface area contributed by atoms with Gasteiger partial charge in [-0.25, -0.2) is 0 Å². The number of carbonyl (C=O) groups excluding carboxylic acids is 3. The molecule has 0 aromatic heterocycles. The molecule has 0 radical (unpaired) electrons.